The van der Waals surface area contributed by atoms with Crippen molar-refractivity contribution in [1.82, 2.24) is 4.90 Å². The third-order valence-corrected chi connectivity index (χ3v) is 7.18. The molecule has 0 aliphatic carbocycles. The summed E-state index contributed by atoms with van der Waals surface area (Å²) in [5.41, 5.74) is 3.07. The summed E-state index contributed by atoms with van der Waals surface area (Å²) < 4.78 is 20.0. The molecule has 4 rings (SSSR count). The number of benzene rings is 3. The van der Waals surface area contributed by atoms with Gasteiger partial charge in [-0.2, -0.15) is 0 Å². The number of ether oxygens (including phenoxy) is 1. The van der Waals surface area contributed by atoms with E-state index in [1.54, 1.807) is 42.5 Å². The number of hydrogen-bond acceptors (Lipinski definition) is 3. The Morgan fingerprint density at radius 1 is 1.05 bits per heavy atom. The van der Waals surface area contributed by atoms with Gasteiger partial charge in [-0.05, 0) is 72.0 Å². The Morgan fingerprint density at radius 3 is 2.30 bits per heavy atom. The van der Waals surface area contributed by atoms with E-state index in [1.807, 2.05) is 26.0 Å². The predicted octanol–water partition coefficient (Wildman–Crippen LogP) is 6.95. The number of hydrogen-bond donors (Lipinski definition) is 1. The third-order valence-electron chi connectivity index (χ3n) is 6.69. The van der Waals surface area contributed by atoms with Gasteiger partial charge in [0.2, 0.25) is 0 Å². The highest BCUT2D eigenvalue weighted by molar-refractivity contribution is 6.30. The first-order valence-electron chi connectivity index (χ1n) is 12.2. The summed E-state index contributed by atoms with van der Waals surface area (Å²) in [6, 6.07) is 16.5. The molecular weight excluding hydrogens is 516 g/mol. The predicted molar refractivity (Wildman–Crippen MR) is 141 cm³/mol. The maximum atomic E-state index is 14.0. The molecule has 0 saturated carbocycles. The van der Waals surface area contributed by atoms with Crippen molar-refractivity contribution in [2.75, 3.05) is 0 Å². The van der Waals surface area contributed by atoms with Crippen LogP contribution in [-0.2, 0) is 20.7 Å². The summed E-state index contributed by atoms with van der Waals surface area (Å²) >= 11 is 12.4. The van der Waals surface area contributed by atoms with E-state index in [1.165, 1.54) is 17.0 Å². The zero-order valence-electron chi connectivity index (χ0n) is 20.5. The van der Waals surface area contributed by atoms with Gasteiger partial charge in [-0.3, -0.25) is 4.79 Å². The van der Waals surface area contributed by atoms with Crippen molar-refractivity contribution in [2.45, 2.75) is 57.4 Å². The lowest BCUT2D eigenvalue weighted by atomic mass is 9.87. The lowest BCUT2D eigenvalue weighted by Gasteiger charge is -2.47. The smallest absolute Gasteiger partial charge is 0.326 e. The molecule has 0 bridgehead atoms. The fourth-order valence-corrected chi connectivity index (χ4v) is 5.28. The number of carbonyl (C=O) groups is 2. The largest absolute Gasteiger partial charge is 0.480 e. The Kier molecular flexibility index (Phi) is 8.53. The minimum atomic E-state index is -1.08. The molecular formula is C29H28Cl2FNO4. The van der Waals surface area contributed by atoms with Crippen LogP contribution in [0.2, 0.25) is 10.0 Å². The van der Waals surface area contributed by atoms with Gasteiger partial charge < -0.3 is 14.7 Å². The minimum Gasteiger partial charge on any atom is -0.480 e. The SMILES string of the molecule is CCC[C@H](C(=O)O)N1C(=O)[C@H](Cc2ccc(F)cc2)O[C@@H](c2ccc(Cl)cc2C)[C@H]1c1ccc(Cl)cc1. The van der Waals surface area contributed by atoms with Crippen molar-refractivity contribution in [3.63, 3.8) is 0 Å². The molecule has 1 saturated heterocycles. The Hall–Kier alpha value is -2.93. The van der Waals surface area contributed by atoms with E-state index in [-0.39, 0.29) is 18.7 Å². The van der Waals surface area contributed by atoms with Gasteiger partial charge in [0.15, 0.2) is 0 Å². The molecule has 1 aliphatic heterocycles. The van der Waals surface area contributed by atoms with E-state index in [0.29, 0.717) is 27.6 Å². The van der Waals surface area contributed by atoms with Gasteiger partial charge in [0, 0.05) is 16.5 Å². The van der Waals surface area contributed by atoms with E-state index in [2.05, 4.69) is 0 Å². The van der Waals surface area contributed by atoms with Crippen LogP contribution in [0.4, 0.5) is 4.39 Å². The number of morpholine rings is 1. The molecule has 0 spiro atoms. The van der Waals surface area contributed by atoms with Gasteiger partial charge in [0.05, 0.1) is 6.04 Å². The van der Waals surface area contributed by atoms with Crippen molar-refractivity contribution in [2.24, 2.45) is 0 Å². The molecule has 0 radical (unpaired) electrons. The molecule has 4 atom stereocenters. The normalized spacial score (nSPS) is 20.6. The fourth-order valence-electron chi connectivity index (χ4n) is 4.93. The summed E-state index contributed by atoms with van der Waals surface area (Å²) in [4.78, 5) is 28.0. The van der Waals surface area contributed by atoms with Gasteiger partial charge in [-0.15, -0.1) is 0 Å². The molecule has 1 heterocycles. The lowest BCUT2D eigenvalue weighted by Crippen LogP contribution is -2.57. The maximum absolute atomic E-state index is 14.0. The number of amides is 1. The molecule has 0 unspecified atom stereocenters. The number of aliphatic carboxylic acids is 1. The summed E-state index contributed by atoms with van der Waals surface area (Å²) in [5, 5.41) is 11.3. The average molecular weight is 544 g/mol. The van der Waals surface area contributed by atoms with Crippen LogP contribution in [-0.4, -0.2) is 34.0 Å². The molecule has 1 N–H and O–H groups in total. The van der Waals surface area contributed by atoms with Gasteiger partial charge >= 0.3 is 5.97 Å². The molecule has 1 amide bonds. The van der Waals surface area contributed by atoms with Crippen LogP contribution in [0.3, 0.4) is 0 Å². The van der Waals surface area contributed by atoms with Crippen LogP contribution in [0.1, 0.15) is 54.2 Å². The second-order valence-electron chi connectivity index (χ2n) is 9.26. The quantitative estimate of drug-likeness (QED) is 0.334. The topological polar surface area (TPSA) is 66.8 Å². The van der Waals surface area contributed by atoms with E-state index in [9.17, 15) is 19.1 Å². The molecule has 37 heavy (non-hydrogen) atoms. The van der Waals surface area contributed by atoms with Crippen molar-refractivity contribution < 1.29 is 23.8 Å². The minimum absolute atomic E-state index is 0.171. The van der Waals surface area contributed by atoms with Crippen LogP contribution in [0.25, 0.3) is 0 Å². The monoisotopic (exact) mass is 543 g/mol. The highest BCUT2D eigenvalue weighted by Gasteiger charge is 2.48. The summed E-state index contributed by atoms with van der Waals surface area (Å²) in [6.07, 6.45) is -0.624. The number of halogens is 3. The van der Waals surface area contributed by atoms with Gasteiger partial charge in [-0.1, -0.05) is 66.9 Å². The van der Waals surface area contributed by atoms with Crippen LogP contribution in [0.15, 0.2) is 66.7 Å². The lowest BCUT2D eigenvalue weighted by molar-refractivity contribution is -0.184. The first-order valence-corrected chi connectivity index (χ1v) is 12.9. The number of aryl methyl sites for hydroxylation is 1. The van der Waals surface area contributed by atoms with Gasteiger partial charge in [0.25, 0.3) is 5.91 Å². The van der Waals surface area contributed by atoms with Crippen LogP contribution >= 0.6 is 23.2 Å². The number of carboxylic acid groups (broad SMARTS) is 1. The Bertz CT molecular complexity index is 1270. The van der Waals surface area contributed by atoms with Crippen LogP contribution in [0, 0.1) is 12.7 Å². The third kappa shape index (κ3) is 5.98. The zero-order chi connectivity index (χ0) is 26.7. The van der Waals surface area contributed by atoms with E-state index < -0.39 is 36.2 Å². The van der Waals surface area contributed by atoms with Crippen LogP contribution in [0.5, 0.6) is 0 Å². The van der Waals surface area contributed by atoms with Crippen molar-refractivity contribution in [3.8, 4) is 0 Å². The molecule has 3 aromatic rings. The Balaban J connectivity index is 1.88. The average Bonchev–Trinajstić information content (AvgIpc) is 2.86. The number of carboxylic acids is 1. The maximum Gasteiger partial charge on any atom is 0.326 e. The number of nitrogens with zero attached hydrogens (tertiary/aromatic N) is 1. The second-order valence-corrected chi connectivity index (χ2v) is 10.1. The standard InChI is InChI=1S/C29H28Cl2FNO4/c1-3-4-24(29(35)36)33-26(19-7-9-20(30)10-8-19)27(23-14-11-21(31)15-17(23)2)37-25(28(33)34)16-18-5-12-22(32)13-6-18/h5-15,24-27H,3-4,16H2,1-2H3,(H,35,36)/t24-,25+,26-,27+/m1/s1. The highest BCUT2D eigenvalue weighted by Crippen LogP contribution is 2.45. The molecule has 5 nitrogen and oxygen atoms in total. The zero-order valence-corrected chi connectivity index (χ0v) is 22.0. The summed E-state index contributed by atoms with van der Waals surface area (Å²) in [5.74, 6) is -1.89. The van der Waals surface area contributed by atoms with Gasteiger partial charge in [-0.25, -0.2) is 9.18 Å². The second kappa shape index (κ2) is 11.6. The van der Waals surface area contributed by atoms with Crippen molar-refractivity contribution in [3.05, 3.63) is 105 Å². The fraction of sp³-hybridized carbons (Fsp3) is 0.310. The Labute approximate surface area is 225 Å². The van der Waals surface area contributed by atoms with Crippen molar-refractivity contribution in [1.29, 1.82) is 0 Å². The Morgan fingerprint density at radius 2 is 1.70 bits per heavy atom. The number of rotatable bonds is 8. The van der Waals surface area contributed by atoms with E-state index >= 15 is 0 Å². The first kappa shape index (κ1) is 27.1. The first-order chi connectivity index (χ1) is 17.7. The molecule has 194 valence electrons. The van der Waals surface area contributed by atoms with E-state index in [0.717, 1.165) is 11.1 Å². The van der Waals surface area contributed by atoms with E-state index in [4.69, 9.17) is 27.9 Å². The van der Waals surface area contributed by atoms with Crippen molar-refractivity contribution >= 4 is 35.1 Å². The molecule has 8 heteroatoms. The summed E-state index contributed by atoms with van der Waals surface area (Å²) in [7, 11) is 0. The van der Waals surface area contributed by atoms with Gasteiger partial charge in [0.1, 0.15) is 24.1 Å². The molecule has 1 fully saturated rings. The number of carbonyl (C=O) groups excluding carboxylic acids is 1. The summed E-state index contributed by atoms with van der Waals surface area (Å²) in [6.45, 7) is 3.79. The molecule has 1 aliphatic rings. The molecule has 3 aromatic carbocycles. The highest BCUT2D eigenvalue weighted by atomic mass is 35.5. The van der Waals surface area contributed by atoms with Crippen LogP contribution < -0.4 is 0 Å². The molecule has 0 aromatic heterocycles.